The van der Waals surface area contributed by atoms with Crippen molar-refractivity contribution in [1.82, 2.24) is 0 Å². The molecule has 2 nitrogen and oxygen atoms in total. The van der Waals surface area contributed by atoms with Crippen molar-refractivity contribution in [3.63, 3.8) is 0 Å². The standard InChI is InChI=1S/C25H20O2S/c1-28-23-17-9-15-21(23)24(26)20-14-8-16-22(20)25(27,18-10-4-2-5-11-18)19-12-6-3-7-13-19/h2-17,27H,1H3. The Kier molecular flexibility index (Phi) is 5.93. The van der Waals surface area contributed by atoms with Crippen molar-refractivity contribution < 1.29 is 9.90 Å². The molecular weight excluding hydrogens is 364 g/mol. The Morgan fingerprint density at radius 2 is 1.32 bits per heavy atom. The third kappa shape index (κ3) is 3.44. The normalized spacial score (nSPS) is 20.1. The highest BCUT2D eigenvalue weighted by molar-refractivity contribution is 8.01. The Labute approximate surface area is 172 Å². The molecule has 0 aromatic heterocycles. The second kappa shape index (κ2) is 8.42. The predicted octanol–water partition coefficient (Wildman–Crippen LogP) is 4.36. The molecule has 0 aliphatic heterocycles. The average molecular weight is 385 g/mol. The number of benzene rings is 2. The first kappa shape index (κ1) is 19.7. The molecule has 138 valence electrons. The zero-order valence-corrected chi connectivity index (χ0v) is 16.3. The second-order valence-corrected chi connectivity index (χ2v) is 7.48. The summed E-state index contributed by atoms with van der Waals surface area (Å²) in [6.07, 6.45) is 13.1. The van der Waals surface area contributed by atoms with E-state index in [0.717, 1.165) is 16.4 Å². The van der Waals surface area contributed by atoms with E-state index in [1.165, 1.54) is 0 Å². The van der Waals surface area contributed by atoms with Crippen LogP contribution in [0.5, 0.6) is 0 Å². The molecule has 4 rings (SSSR count). The van der Waals surface area contributed by atoms with Gasteiger partial charge in [-0.05, 0) is 55.9 Å². The van der Waals surface area contributed by atoms with E-state index in [1.54, 1.807) is 18.2 Å². The number of aliphatic hydroxyl groups is 1. The van der Waals surface area contributed by atoms with Gasteiger partial charge in [0.1, 0.15) is 11.4 Å². The number of carbonyl (C=O) groups is 1. The summed E-state index contributed by atoms with van der Waals surface area (Å²) >= 11 is 1.55. The van der Waals surface area contributed by atoms with Gasteiger partial charge in [-0.25, -0.2) is 0 Å². The van der Waals surface area contributed by atoms with Gasteiger partial charge in [-0.2, -0.15) is 11.8 Å². The molecule has 2 aromatic carbocycles. The van der Waals surface area contributed by atoms with Crippen molar-refractivity contribution in [3.8, 4) is 0 Å². The molecule has 0 spiro atoms. The molecule has 10 radical (unpaired) electrons. The minimum absolute atomic E-state index is 0.0698. The van der Waals surface area contributed by atoms with E-state index in [4.69, 9.17) is 0 Å². The van der Waals surface area contributed by atoms with Crippen LogP contribution in [0.15, 0.2) is 60.7 Å². The molecule has 0 atom stereocenters. The Balaban J connectivity index is 1.73. The second-order valence-electron chi connectivity index (χ2n) is 6.63. The number of thioether (sulfide) groups is 1. The lowest BCUT2D eigenvalue weighted by atomic mass is 9.69. The minimum atomic E-state index is -1.41. The molecule has 0 heterocycles. The molecule has 28 heavy (non-hydrogen) atoms. The van der Waals surface area contributed by atoms with Gasteiger partial charge in [0.2, 0.25) is 0 Å². The summed E-state index contributed by atoms with van der Waals surface area (Å²) in [6, 6.07) is 19.0. The van der Waals surface area contributed by atoms with Gasteiger partial charge in [-0.1, -0.05) is 60.7 Å². The van der Waals surface area contributed by atoms with E-state index in [2.05, 4.69) is 0 Å². The number of hydrogen-bond donors (Lipinski definition) is 1. The van der Waals surface area contributed by atoms with Gasteiger partial charge in [0.15, 0.2) is 0 Å². The minimum Gasteiger partial charge on any atom is -0.380 e. The first-order chi connectivity index (χ1) is 13.7. The Bertz CT molecular complexity index is 749. The topological polar surface area (TPSA) is 37.3 Å². The fraction of sp³-hybridized carbons (Fsp3) is 0.0800. The molecule has 0 amide bonds. The van der Waals surface area contributed by atoms with E-state index in [1.807, 2.05) is 99.0 Å². The van der Waals surface area contributed by atoms with Crippen LogP contribution in [-0.2, 0) is 10.4 Å². The van der Waals surface area contributed by atoms with Crippen molar-refractivity contribution in [3.05, 3.63) is 133 Å². The van der Waals surface area contributed by atoms with E-state index in [9.17, 15) is 9.90 Å². The lowest BCUT2D eigenvalue weighted by Gasteiger charge is -2.38. The zero-order chi connectivity index (χ0) is 19.6. The van der Waals surface area contributed by atoms with Crippen molar-refractivity contribution in [2.75, 3.05) is 6.26 Å². The van der Waals surface area contributed by atoms with Crippen LogP contribution in [-0.4, -0.2) is 17.1 Å². The maximum atomic E-state index is 13.4. The number of rotatable bonds is 6. The largest absolute Gasteiger partial charge is 0.380 e. The Morgan fingerprint density at radius 3 is 1.89 bits per heavy atom. The van der Waals surface area contributed by atoms with E-state index in [0.29, 0.717) is 17.8 Å². The molecule has 2 saturated carbocycles. The monoisotopic (exact) mass is 384 g/mol. The molecule has 1 N–H and O–H groups in total. The van der Waals surface area contributed by atoms with Crippen molar-refractivity contribution in [2.24, 2.45) is 0 Å². The Hall–Kier alpha value is -1.58. The highest BCUT2D eigenvalue weighted by Gasteiger charge is 2.52. The van der Waals surface area contributed by atoms with Crippen molar-refractivity contribution in [2.45, 2.75) is 5.60 Å². The number of carbonyl (C=O) groups excluding carboxylic acids is 1. The lowest BCUT2D eigenvalue weighted by molar-refractivity contribution is -0.115. The summed E-state index contributed by atoms with van der Waals surface area (Å²) in [6.45, 7) is 0. The number of ketones is 1. The van der Waals surface area contributed by atoms with Crippen LogP contribution in [0.3, 0.4) is 0 Å². The van der Waals surface area contributed by atoms with Crippen LogP contribution in [0.25, 0.3) is 0 Å². The van der Waals surface area contributed by atoms with Crippen LogP contribution in [0.1, 0.15) is 11.1 Å². The maximum Gasteiger partial charge on any atom is 0.150 e. The van der Waals surface area contributed by atoms with Crippen molar-refractivity contribution in [1.29, 1.82) is 0 Å². The quantitative estimate of drug-likeness (QED) is 0.804. The average Bonchev–Trinajstić information content (AvgIpc) is 3.43. The molecular formula is C25H20O2S. The molecule has 3 heteroatoms. The Morgan fingerprint density at radius 1 is 0.786 bits per heavy atom. The molecule has 2 aromatic rings. The molecule has 2 aliphatic rings. The van der Waals surface area contributed by atoms with Crippen LogP contribution < -0.4 is 0 Å². The summed E-state index contributed by atoms with van der Waals surface area (Å²) in [4.78, 5) is 13.4. The van der Waals surface area contributed by atoms with Crippen LogP contribution in [0.2, 0.25) is 0 Å². The van der Waals surface area contributed by atoms with Gasteiger partial charge < -0.3 is 5.11 Å². The fourth-order valence-corrected chi connectivity index (χ4v) is 4.28. The van der Waals surface area contributed by atoms with E-state index in [-0.39, 0.29) is 5.78 Å². The summed E-state index contributed by atoms with van der Waals surface area (Å²) in [5.74, 6) is 1.72. The highest BCUT2D eigenvalue weighted by Crippen LogP contribution is 2.53. The van der Waals surface area contributed by atoms with Crippen LogP contribution in [0, 0.1) is 61.5 Å². The molecule has 2 aliphatic carbocycles. The maximum absolute atomic E-state index is 13.4. The van der Waals surface area contributed by atoms with Crippen molar-refractivity contribution >= 4 is 17.5 Å². The summed E-state index contributed by atoms with van der Waals surface area (Å²) in [5.41, 5.74) is 0.0476. The zero-order valence-electron chi connectivity index (χ0n) is 15.5. The van der Waals surface area contributed by atoms with Gasteiger partial charge >= 0.3 is 0 Å². The fourth-order valence-electron chi connectivity index (χ4n) is 3.68. The summed E-state index contributed by atoms with van der Waals surface area (Å²) < 4.78 is 0. The third-order valence-electron chi connectivity index (χ3n) is 5.07. The van der Waals surface area contributed by atoms with Gasteiger partial charge in [0.25, 0.3) is 0 Å². The number of Topliss-reactive ketones (excluding diaryl/α,β-unsaturated/α-hetero) is 1. The molecule has 0 bridgehead atoms. The first-order valence-corrected chi connectivity index (χ1v) is 10.3. The SMILES string of the molecule is CS[C]1[CH][CH][CH][C]1C(=O)[C]1[CH][CH][CH][C]1C(O)(c1ccccc1)c1ccccc1. The van der Waals surface area contributed by atoms with Gasteiger partial charge in [-0.3, -0.25) is 4.79 Å². The summed E-state index contributed by atoms with van der Waals surface area (Å²) in [7, 11) is 0. The third-order valence-corrected chi connectivity index (χ3v) is 5.87. The molecule has 0 saturated heterocycles. The number of hydrogen-bond acceptors (Lipinski definition) is 3. The van der Waals surface area contributed by atoms with Crippen LogP contribution in [0.4, 0.5) is 0 Å². The lowest BCUT2D eigenvalue weighted by Crippen LogP contribution is -2.39. The predicted molar refractivity (Wildman–Crippen MR) is 113 cm³/mol. The van der Waals surface area contributed by atoms with Gasteiger partial charge in [0, 0.05) is 11.2 Å². The summed E-state index contributed by atoms with van der Waals surface area (Å²) in [5, 5.41) is 13.0. The molecule has 0 unspecified atom stereocenters. The smallest absolute Gasteiger partial charge is 0.150 e. The van der Waals surface area contributed by atoms with Gasteiger partial charge in [-0.15, -0.1) is 0 Å². The highest BCUT2D eigenvalue weighted by atomic mass is 32.2. The first-order valence-electron chi connectivity index (χ1n) is 9.10. The van der Waals surface area contributed by atoms with E-state index < -0.39 is 5.60 Å². The molecule has 2 fully saturated rings. The van der Waals surface area contributed by atoms with Gasteiger partial charge in [0.05, 0.1) is 11.8 Å². The van der Waals surface area contributed by atoms with Crippen LogP contribution >= 0.6 is 11.8 Å². The van der Waals surface area contributed by atoms with E-state index >= 15 is 0 Å².